The zero-order chi connectivity index (χ0) is 17.2. The Labute approximate surface area is 144 Å². The lowest BCUT2D eigenvalue weighted by atomic mass is 10.1. The molecule has 0 spiro atoms. The second-order valence-corrected chi connectivity index (χ2v) is 5.89. The molecule has 0 unspecified atom stereocenters. The predicted octanol–water partition coefficient (Wildman–Crippen LogP) is 3.04. The van der Waals surface area contributed by atoms with Crippen LogP contribution in [0, 0.1) is 6.92 Å². The van der Waals surface area contributed by atoms with Crippen LogP contribution in [0.3, 0.4) is 0 Å². The second kappa shape index (κ2) is 6.32. The van der Waals surface area contributed by atoms with E-state index in [1.807, 2.05) is 49.4 Å². The molecule has 0 saturated carbocycles. The van der Waals surface area contributed by atoms with Crippen molar-refractivity contribution in [3.05, 3.63) is 65.4 Å². The highest BCUT2D eigenvalue weighted by Crippen LogP contribution is 2.32. The van der Waals surface area contributed by atoms with E-state index in [9.17, 15) is 4.79 Å². The Hall–Kier alpha value is -3.28. The number of carbonyl (C=O) groups is 1. The smallest absolute Gasteiger partial charge is 0.255 e. The topological polar surface area (TPSA) is 76.2 Å². The van der Waals surface area contributed by atoms with Crippen LogP contribution < -0.4 is 14.8 Å². The first-order chi connectivity index (χ1) is 12.2. The third-order valence-electron chi connectivity index (χ3n) is 4.11. The van der Waals surface area contributed by atoms with Gasteiger partial charge in [-0.3, -0.25) is 9.89 Å². The fourth-order valence-electron chi connectivity index (χ4n) is 2.73. The molecule has 1 amide bonds. The number of aromatic amines is 1. The van der Waals surface area contributed by atoms with Crippen LogP contribution in [0.15, 0.2) is 48.7 Å². The molecule has 0 aliphatic carbocycles. The van der Waals surface area contributed by atoms with Crippen LogP contribution >= 0.6 is 0 Å². The Morgan fingerprint density at radius 2 is 1.96 bits per heavy atom. The lowest BCUT2D eigenvalue weighted by Gasteiger charge is -2.07. The van der Waals surface area contributed by atoms with Gasteiger partial charge >= 0.3 is 0 Å². The lowest BCUT2D eigenvalue weighted by Crippen LogP contribution is -2.22. The molecule has 1 aromatic heterocycles. The van der Waals surface area contributed by atoms with Crippen molar-refractivity contribution < 1.29 is 14.3 Å². The lowest BCUT2D eigenvalue weighted by molar-refractivity contribution is 0.0951. The van der Waals surface area contributed by atoms with Crippen molar-refractivity contribution in [2.45, 2.75) is 13.5 Å². The van der Waals surface area contributed by atoms with E-state index < -0.39 is 0 Å². The molecule has 4 rings (SSSR count). The van der Waals surface area contributed by atoms with E-state index in [1.165, 1.54) is 0 Å². The summed E-state index contributed by atoms with van der Waals surface area (Å²) < 4.78 is 10.6. The zero-order valence-electron chi connectivity index (χ0n) is 13.7. The third kappa shape index (κ3) is 3.06. The maximum atomic E-state index is 12.5. The normalized spacial score (nSPS) is 12.2. The number of amides is 1. The van der Waals surface area contributed by atoms with Gasteiger partial charge in [-0.15, -0.1) is 0 Å². The number of hydrogen-bond donors (Lipinski definition) is 2. The highest BCUT2D eigenvalue weighted by Gasteiger charge is 2.16. The van der Waals surface area contributed by atoms with Crippen molar-refractivity contribution in [3.8, 4) is 22.8 Å². The van der Waals surface area contributed by atoms with Crippen molar-refractivity contribution in [3.63, 3.8) is 0 Å². The molecular formula is C19H17N3O3. The molecule has 2 N–H and O–H groups in total. The van der Waals surface area contributed by atoms with Crippen LogP contribution in [0.25, 0.3) is 11.3 Å². The summed E-state index contributed by atoms with van der Waals surface area (Å²) in [5.41, 5.74) is 4.26. The summed E-state index contributed by atoms with van der Waals surface area (Å²) in [5, 5.41) is 9.85. The van der Waals surface area contributed by atoms with E-state index in [-0.39, 0.29) is 12.7 Å². The Kier molecular flexibility index (Phi) is 3.85. The van der Waals surface area contributed by atoms with Crippen molar-refractivity contribution in [2.75, 3.05) is 6.79 Å². The average molecular weight is 335 g/mol. The standard InChI is InChI=1S/C19H17N3O3/c1-12-2-5-14(6-3-12)18-15(10-21-22-18)19(23)20-9-13-4-7-16-17(8-13)25-11-24-16/h2-8,10H,9,11H2,1H3,(H,20,23)(H,21,22). The number of nitrogens with zero attached hydrogens (tertiary/aromatic N) is 1. The van der Waals surface area contributed by atoms with E-state index in [0.717, 1.165) is 22.4 Å². The van der Waals surface area contributed by atoms with Crippen LogP contribution in [0.1, 0.15) is 21.5 Å². The number of nitrogens with one attached hydrogen (secondary N) is 2. The number of aryl methyl sites for hydroxylation is 1. The van der Waals surface area contributed by atoms with Crippen LogP contribution in [0.2, 0.25) is 0 Å². The Bertz CT molecular complexity index is 916. The molecule has 2 aromatic carbocycles. The highest BCUT2D eigenvalue weighted by atomic mass is 16.7. The molecule has 6 nitrogen and oxygen atoms in total. The first kappa shape index (κ1) is 15.3. The van der Waals surface area contributed by atoms with Crippen molar-refractivity contribution in [2.24, 2.45) is 0 Å². The average Bonchev–Trinajstić information content (AvgIpc) is 3.29. The van der Waals surface area contributed by atoms with Gasteiger partial charge in [0.15, 0.2) is 11.5 Å². The van der Waals surface area contributed by atoms with Crippen LogP contribution in [0.4, 0.5) is 0 Å². The Balaban J connectivity index is 1.49. The fourth-order valence-corrected chi connectivity index (χ4v) is 2.73. The molecule has 1 aliphatic heterocycles. The van der Waals surface area contributed by atoms with E-state index in [1.54, 1.807) is 6.20 Å². The first-order valence-corrected chi connectivity index (χ1v) is 7.98. The molecule has 0 radical (unpaired) electrons. The van der Waals surface area contributed by atoms with Crippen LogP contribution in [0.5, 0.6) is 11.5 Å². The number of H-pyrrole nitrogens is 1. The summed E-state index contributed by atoms with van der Waals surface area (Å²) in [4.78, 5) is 12.5. The molecule has 1 aliphatic rings. The Morgan fingerprint density at radius 1 is 1.16 bits per heavy atom. The minimum absolute atomic E-state index is 0.179. The van der Waals surface area contributed by atoms with Crippen molar-refractivity contribution in [1.29, 1.82) is 0 Å². The van der Waals surface area contributed by atoms with Crippen LogP contribution in [-0.2, 0) is 6.54 Å². The van der Waals surface area contributed by atoms with Gasteiger partial charge in [0.1, 0.15) is 0 Å². The van der Waals surface area contributed by atoms with Crippen LogP contribution in [-0.4, -0.2) is 22.9 Å². The van der Waals surface area contributed by atoms with Crippen molar-refractivity contribution in [1.82, 2.24) is 15.5 Å². The largest absolute Gasteiger partial charge is 0.454 e. The van der Waals surface area contributed by atoms with Gasteiger partial charge in [0.25, 0.3) is 5.91 Å². The molecule has 0 bridgehead atoms. The fraction of sp³-hybridized carbons (Fsp3) is 0.158. The summed E-state index contributed by atoms with van der Waals surface area (Å²) in [6.07, 6.45) is 1.55. The molecule has 6 heteroatoms. The van der Waals surface area contributed by atoms with E-state index >= 15 is 0 Å². The number of benzene rings is 2. The third-order valence-corrected chi connectivity index (χ3v) is 4.11. The van der Waals surface area contributed by atoms with Gasteiger partial charge in [-0.05, 0) is 24.6 Å². The SMILES string of the molecule is Cc1ccc(-c2[nH]ncc2C(=O)NCc2ccc3c(c2)OCO3)cc1. The molecule has 0 saturated heterocycles. The molecular weight excluding hydrogens is 318 g/mol. The number of fused-ring (bicyclic) bond motifs is 1. The van der Waals surface area contributed by atoms with Crippen molar-refractivity contribution >= 4 is 5.91 Å². The molecule has 2 heterocycles. The molecule has 0 fully saturated rings. The summed E-state index contributed by atoms with van der Waals surface area (Å²) in [6.45, 7) is 2.66. The summed E-state index contributed by atoms with van der Waals surface area (Å²) >= 11 is 0. The van der Waals surface area contributed by atoms with E-state index in [2.05, 4.69) is 15.5 Å². The van der Waals surface area contributed by atoms with Gasteiger partial charge in [-0.2, -0.15) is 5.10 Å². The van der Waals surface area contributed by atoms with Gasteiger partial charge in [-0.1, -0.05) is 35.9 Å². The zero-order valence-corrected chi connectivity index (χ0v) is 13.7. The summed E-state index contributed by atoms with van der Waals surface area (Å²) in [6, 6.07) is 13.6. The Morgan fingerprint density at radius 3 is 2.80 bits per heavy atom. The van der Waals surface area contributed by atoms with Gasteiger partial charge in [-0.25, -0.2) is 0 Å². The predicted molar refractivity (Wildman–Crippen MR) is 92.5 cm³/mol. The second-order valence-electron chi connectivity index (χ2n) is 5.89. The number of rotatable bonds is 4. The molecule has 0 atom stereocenters. The number of ether oxygens (including phenoxy) is 2. The first-order valence-electron chi connectivity index (χ1n) is 7.98. The minimum Gasteiger partial charge on any atom is -0.454 e. The monoisotopic (exact) mass is 335 g/mol. The minimum atomic E-state index is -0.179. The van der Waals surface area contributed by atoms with E-state index in [4.69, 9.17) is 9.47 Å². The van der Waals surface area contributed by atoms with Gasteiger partial charge in [0.2, 0.25) is 6.79 Å². The summed E-state index contributed by atoms with van der Waals surface area (Å²) in [5.74, 6) is 1.25. The quantitative estimate of drug-likeness (QED) is 0.768. The highest BCUT2D eigenvalue weighted by molar-refractivity contribution is 5.99. The number of aromatic nitrogens is 2. The molecule has 126 valence electrons. The van der Waals surface area contributed by atoms with Gasteiger partial charge in [0, 0.05) is 12.1 Å². The van der Waals surface area contributed by atoms with E-state index in [0.29, 0.717) is 23.6 Å². The number of carbonyl (C=O) groups excluding carboxylic acids is 1. The number of hydrogen-bond acceptors (Lipinski definition) is 4. The summed E-state index contributed by atoms with van der Waals surface area (Å²) in [7, 11) is 0. The van der Waals surface area contributed by atoms with Gasteiger partial charge < -0.3 is 14.8 Å². The maximum absolute atomic E-state index is 12.5. The maximum Gasteiger partial charge on any atom is 0.255 e. The molecule has 25 heavy (non-hydrogen) atoms. The van der Waals surface area contributed by atoms with Gasteiger partial charge in [0.05, 0.1) is 17.5 Å². The molecule has 3 aromatic rings.